The van der Waals surface area contributed by atoms with E-state index in [0.29, 0.717) is 0 Å². The summed E-state index contributed by atoms with van der Waals surface area (Å²) < 4.78 is 0. The number of hydrogen-bond donors (Lipinski definition) is 0. The van der Waals surface area contributed by atoms with E-state index in [1.807, 2.05) is 11.8 Å². The van der Waals surface area contributed by atoms with Crippen LogP contribution in [-0.4, -0.2) is 53.7 Å². The van der Waals surface area contributed by atoms with E-state index in [-0.39, 0.29) is 23.7 Å². The summed E-state index contributed by atoms with van der Waals surface area (Å²) in [5.41, 5.74) is 0. The van der Waals surface area contributed by atoms with Crippen molar-refractivity contribution in [1.29, 1.82) is 0 Å². The van der Waals surface area contributed by atoms with Crippen molar-refractivity contribution < 1.29 is 9.59 Å². The summed E-state index contributed by atoms with van der Waals surface area (Å²) in [6, 6.07) is -0.0646. The minimum absolute atomic E-state index is 0.0646. The molecule has 4 heteroatoms. The lowest BCUT2D eigenvalue weighted by Gasteiger charge is -2.36. The Bertz CT molecular complexity index is 324. The molecule has 18 heavy (non-hydrogen) atoms. The van der Waals surface area contributed by atoms with Gasteiger partial charge >= 0.3 is 0 Å². The third kappa shape index (κ3) is 2.91. The summed E-state index contributed by atoms with van der Waals surface area (Å²) in [6.07, 6.45) is 4.28. The van der Waals surface area contributed by atoms with Crippen molar-refractivity contribution >= 4 is 11.7 Å². The quantitative estimate of drug-likeness (QED) is 0.760. The maximum atomic E-state index is 12.3. The molecule has 0 spiro atoms. The van der Waals surface area contributed by atoms with Crippen LogP contribution in [0.4, 0.5) is 0 Å². The Labute approximate surface area is 109 Å². The van der Waals surface area contributed by atoms with Crippen LogP contribution in [-0.2, 0) is 9.59 Å². The largest absolute Gasteiger partial charge is 0.341 e. The van der Waals surface area contributed by atoms with Gasteiger partial charge in [0.1, 0.15) is 5.78 Å². The number of rotatable bonds is 3. The van der Waals surface area contributed by atoms with Gasteiger partial charge in [-0.3, -0.25) is 14.5 Å². The number of nitrogens with zero attached hydrogens (tertiary/aromatic N) is 2. The van der Waals surface area contributed by atoms with Crippen LogP contribution in [0.15, 0.2) is 0 Å². The van der Waals surface area contributed by atoms with Crippen molar-refractivity contribution in [3.05, 3.63) is 0 Å². The highest BCUT2D eigenvalue weighted by atomic mass is 16.2. The minimum Gasteiger partial charge on any atom is -0.341 e. The molecule has 2 unspecified atom stereocenters. The van der Waals surface area contributed by atoms with Gasteiger partial charge in [-0.25, -0.2) is 0 Å². The number of likely N-dealkylation sites (tertiary alicyclic amines) is 2. The first-order valence-electron chi connectivity index (χ1n) is 7.13. The number of amides is 1. The zero-order valence-corrected chi connectivity index (χ0v) is 11.5. The van der Waals surface area contributed by atoms with E-state index < -0.39 is 0 Å². The van der Waals surface area contributed by atoms with Crippen LogP contribution in [0.25, 0.3) is 0 Å². The molecule has 0 N–H and O–H groups in total. The fourth-order valence-electron chi connectivity index (χ4n) is 3.05. The number of hydrogen-bond acceptors (Lipinski definition) is 3. The zero-order valence-electron chi connectivity index (χ0n) is 11.5. The van der Waals surface area contributed by atoms with Gasteiger partial charge in [0, 0.05) is 25.6 Å². The van der Waals surface area contributed by atoms with E-state index >= 15 is 0 Å². The molecule has 0 aromatic carbocycles. The van der Waals surface area contributed by atoms with Gasteiger partial charge in [0.25, 0.3) is 0 Å². The van der Waals surface area contributed by atoms with Crippen molar-refractivity contribution in [1.82, 2.24) is 9.80 Å². The molecule has 0 bridgehead atoms. The van der Waals surface area contributed by atoms with E-state index in [1.54, 1.807) is 6.92 Å². The second-order valence-corrected chi connectivity index (χ2v) is 5.65. The lowest BCUT2D eigenvalue weighted by Crippen LogP contribution is -2.50. The predicted octanol–water partition coefficient (Wildman–Crippen LogP) is 1.30. The monoisotopic (exact) mass is 252 g/mol. The van der Waals surface area contributed by atoms with Crippen LogP contribution in [0.2, 0.25) is 0 Å². The van der Waals surface area contributed by atoms with E-state index in [2.05, 4.69) is 4.90 Å². The fraction of sp³-hybridized carbons (Fsp3) is 0.857. The maximum absolute atomic E-state index is 12.3. The molecule has 2 atom stereocenters. The molecule has 0 aliphatic carbocycles. The SMILES string of the molecule is CC(=O)C1CCCN(C(C)C(=O)N2CCCC2)C1. The van der Waals surface area contributed by atoms with Crippen LogP contribution in [0.3, 0.4) is 0 Å². The second kappa shape index (κ2) is 5.83. The van der Waals surface area contributed by atoms with Crippen molar-refractivity contribution in [2.24, 2.45) is 5.92 Å². The van der Waals surface area contributed by atoms with Gasteiger partial charge in [-0.15, -0.1) is 0 Å². The maximum Gasteiger partial charge on any atom is 0.239 e. The van der Waals surface area contributed by atoms with Gasteiger partial charge in [-0.05, 0) is 46.1 Å². The first-order valence-corrected chi connectivity index (χ1v) is 7.13. The Hall–Kier alpha value is -0.900. The summed E-state index contributed by atoms with van der Waals surface area (Å²) in [5.74, 6) is 0.643. The molecule has 2 aliphatic rings. The van der Waals surface area contributed by atoms with Gasteiger partial charge in [0.15, 0.2) is 0 Å². The number of carbonyl (C=O) groups excluding carboxylic acids is 2. The normalized spacial score (nSPS) is 27.2. The molecule has 0 radical (unpaired) electrons. The van der Waals surface area contributed by atoms with Gasteiger partial charge in [0.2, 0.25) is 5.91 Å². The number of carbonyl (C=O) groups is 2. The standard InChI is InChI=1S/C14H24N2O2/c1-11(14(18)15-7-3-4-8-15)16-9-5-6-13(10-16)12(2)17/h11,13H,3-10H2,1-2H3. The summed E-state index contributed by atoms with van der Waals surface area (Å²) >= 11 is 0. The fourth-order valence-corrected chi connectivity index (χ4v) is 3.05. The molecule has 1 amide bonds. The first kappa shape index (κ1) is 13.5. The van der Waals surface area contributed by atoms with Crippen molar-refractivity contribution in [2.45, 2.75) is 45.6 Å². The average Bonchev–Trinajstić information content (AvgIpc) is 2.91. The van der Waals surface area contributed by atoms with Gasteiger partial charge in [-0.1, -0.05) is 0 Å². The highest BCUT2D eigenvalue weighted by molar-refractivity contribution is 5.82. The first-order chi connectivity index (χ1) is 8.59. The Morgan fingerprint density at radius 1 is 1.11 bits per heavy atom. The van der Waals surface area contributed by atoms with Crippen LogP contribution in [0, 0.1) is 5.92 Å². The predicted molar refractivity (Wildman–Crippen MR) is 70.3 cm³/mol. The van der Waals surface area contributed by atoms with Crippen LogP contribution < -0.4 is 0 Å². The molecule has 0 aromatic rings. The van der Waals surface area contributed by atoms with Gasteiger partial charge < -0.3 is 4.90 Å². The Morgan fingerprint density at radius 2 is 1.78 bits per heavy atom. The second-order valence-electron chi connectivity index (χ2n) is 5.65. The lowest BCUT2D eigenvalue weighted by atomic mass is 9.93. The Balaban J connectivity index is 1.93. The number of piperidine rings is 1. The van der Waals surface area contributed by atoms with E-state index in [0.717, 1.165) is 51.9 Å². The minimum atomic E-state index is -0.0646. The van der Waals surface area contributed by atoms with Crippen molar-refractivity contribution in [3.63, 3.8) is 0 Å². The summed E-state index contributed by atoms with van der Waals surface area (Å²) in [5, 5.41) is 0. The van der Waals surface area contributed by atoms with Gasteiger partial charge in [0.05, 0.1) is 6.04 Å². The molecule has 4 nitrogen and oxygen atoms in total. The highest BCUT2D eigenvalue weighted by Gasteiger charge is 2.32. The molecule has 2 fully saturated rings. The molecule has 0 aromatic heterocycles. The molecule has 0 saturated carbocycles. The highest BCUT2D eigenvalue weighted by Crippen LogP contribution is 2.21. The summed E-state index contributed by atoms with van der Waals surface area (Å²) in [6.45, 7) is 7.19. The van der Waals surface area contributed by atoms with E-state index in [1.165, 1.54) is 0 Å². The van der Waals surface area contributed by atoms with Crippen LogP contribution >= 0.6 is 0 Å². The van der Waals surface area contributed by atoms with E-state index in [9.17, 15) is 9.59 Å². The average molecular weight is 252 g/mol. The zero-order chi connectivity index (χ0) is 13.1. The van der Waals surface area contributed by atoms with Crippen LogP contribution in [0.1, 0.15) is 39.5 Å². The smallest absolute Gasteiger partial charge is 0.239 e. The number of ketones is 1. The summed E-state index contributed by atoms with van der Waals surface area (Å²) in [7, 11) is 0. The molecular formula is C14H24N2O2. The van der Waals surface area contributed by atoms with E-state index in [4.69, 9.17) is 0 Å². The topological polar surface area (TPSA) is 40.6 Å². The molecule has 2 aliphatic heterocycles. The molecule has 2 heterocycles. The molecule has 2 saturated heterocycles. The molecule has 102 valence electrons. The third-order valence-corrected chi connectivity index (χ3v) is 4.35. The van der Waals surface area contributed by atoms with Crippen LogP contribution in [0.5, 0.6) is 0 Å². The third-order valence-electron chi connectivity index (χ3n) is 4.35. The molecular weight excluding hydrogens is 228 g/mol. The van der Waals surface area contributed by atoms with Crippen molar-refractivity contribution in [3.8, 4) is 0 Å². The molecule has 2 rings (SSSR count). The Morgan fingerprint density at radius 3 is 2.39 bits per heavy atom. The summed E-state index contributed by atoms with van der Waals surface area (Å²) in [4.78, 5) is 28.0. The Kier molecular flexibility index (Phi) is 4.38. The van der Waals surface area contributed by atoms with Gasteiger partial charge in [-0.2, -0.15) is 0 Å². The lowest BCUT2D eigenvalue weighted by molar-refractivity contribution is -0.137. The number of Topliss-reactive ketones (excluding diaryl/α,β-unsaturated/α-hetero) is 1. The van der Waals surface area contributed by atoms with Crippen molar-refractivity contribution in [2.75, 3.05) is 26.2 Å².